The molecule has 0 radical (unpaired) electrons. The number of ether oxygens (including phenoxy) is 2. The van der Waals surface area contributed by atoms with Gasteiger partial charge >= 0.3 is 12.1 Å². The minimum Gasteiger partial charge on any atom is -0.490 e. The summed E-state index contributed by atoms with van der Waals surface area (Å²) in [6.45, 7) is 6.76. The van der Waals surface area contributed by atoms with Gasteiger partial charge in [0.2, 0.25) is 0 Å². The third-order valence-electron chi connectivity index (χ3n) is 8.43. The summed E-state index contributed by atoms with van der Waals surface area (Å²) in [6.07, 6.45) is 2.40. The van der Waals surface area contributed by atoms with Crippen LogP contribution < -0.4 is 4.74 Å². The maximum Gasteiger partial charge on any atom is 0.420 e. The van der Waals surface area contributed by atoms with E-state index < -0.39 is 11.7 Å². The summed E-state index contributed by atoms with van der Waals surface area (Å²) in [5.74, 6) is 0.312. The van der Waals surface area contributed by atoms with Crippen LogP contribution in [0, 0.1) is 11.8 Å². The van der Waals surface area contributed by atoms with Crippen molar-refractivity contribution in [3.05, 3.63) is 41.5 Å². The van der Waals surface area contributed by atoms with Gasteiger partial charge in [-0.1, -0.05) is 45.0 Å². The van der Waals surface area contributed by atoms with Crippen molar-refractivity contribution >= 4 is 16.7 Å². The van der Waals surface area contributed by atoms with Crippen LogP contribution in [-0.4, -0.2) is 36.2 Å². The van der Waals surface area contributed by atoms with E-state index in [2.05, 4.69) is 11.8 Å². The van der Waals surface area contributed by atoms with Crippen LogP contribution in [0.2, 0.25) is 0 Å². The van der Waals surface area contributed by atoms with E-state index in [0.29, 0.717) is 17.8 Å². The molecule has 2 bridgehead atoms. The van der Waals surface area contributed by atoms with Crippen LogP contribution in [0.5, 0.6) is 5.75 Å². The fourth-order valence-corrected chi connectivity index (χ4v) is 6.55. The number of halogens is 3. The molecule has 0 N–H and O–H groups in total. The van der Waals surface area contributed by atoms with E-state index in [4.69, 9.17) is 9.47 Å². The SMILES string of the molecule is CC.COC(=O)C1CC2CCC(C1)N2Cc1cccc2c(C(F)(F)F)c(OC3CCC(C)CC3)ccc12. The molecule has 0 spiro atoms. The van der Waals surface area contributed by atoms with Gasteiger partial charge in [0.05, 0.1) is 19.1 Å². The van der Waals surface area contributed by atoms with Crippen LogP contribution >= 0.6 is 0 Å². The van der Waals surface area contributed by atoms with Gasteiger partial charge in [0.25, 0.3) is 0 Å². The first-order valence-corrected chi connectivity index (χ1v) is 13.9. The second-order valence-electron chi connectivity index (χ2n) is 10.7. The van der Waals surface area contributed by atoms with Gasteiger partial charge in [-0.2, -0.15) is 13.2 Å². The van der Waals surface area contributed by atoms with Crippen LogP contribution in [0.1, 0.15) is 83.3 Å². The standard InChI is InChI=1S/C28H34F3NO3.C2H6/c1-17-6-10-22(11-7-17)35-25-13-12-23-18(4-3-5-24(23)26(25)28(29,30)31)16-32-20-8-9-21(32)15-19(14-20)27(33)34-2;1-2/h3-5,12-13,17,19-22H,6-11,14-16H2,1-2H3;1-2H3. The van der Waals surface area contributed by atoms with Crippen molar-refractivity contribution in [2.75, 3.05) is 7.11 Å². The number of hydrogen-bond acceptors (Lipinski definition) is 4. The zero-order chi connectivity index (χ0) is 26.7. The second kappa shape index (κ2) is 11.6. The Hall–Kier alpha value is -2.28. The maximum absolute atomic E-state index is 14.3. The molecule has 37 heavy (non-hydrogen) atoms. The second-order valence-corrected chi connectivity index (χ2v) is 10.7. The highest BCUT2D eigenvalue weighted by atomic mass is 19.4. The molecule has 5 rings (SSSR count). The molecule has 0 aromatic heterocycles. The van der Waals surface area contributed by atoms with Crippen molar-refractivity contribution in [3.8, 4) is 5.75 Å². The van der Waals surface area contributed by atoms with Gasteiger partial charge in [-0.05, 0) is 79.7 Å². The van der Waals surface area contributed by atoms with Crippen LogP contribution in [0.4, 0.5) is 13.2 Å². The largest absolute Gasteiger partial charge is 0.490 e. The summed E-state index contributed by atoms with van der Waals surface area (Å²) in [4.78, 5) is 14.5. The lowest BCUT2D eigenvalue weighted by Crippen LogP contribution is -2.44. The van der Waals surface area contributed by atoms with Crippen molar-refractivity contribution in [2.45, 2.75) is 103 Å². The van der Waals surface area contributed by atoms with E-state index >= 15 is 0 Å². The van der Waals surface area contributed by atoms with E-state index in [1.807, 2.05) is 19.9 Å². The van der Waals surface area contributed by atoms with Crippen molar-refractivity contribution in [2.24, 2.45) is 11.8 Å². The summed E-state index contributed by atoms with van der Waals surface area (Å²) in [7, 11) is 1.43. The molecule has 1 aliphatic carbocycles. The molecule has 2 unspecified atom stereocenters. The summed E-state index contributed by atoms with van der Waals surface area (Å²) in [5, 5.41) is 0.826. The van der Waals surface area contributed by atoms with E-state index in [-0.39, 0.29) is 41.2 Å². The number of carbonyl (C=O) groups excluding carboxylic acids is 1. The number of benzene rings is 2. The van der Waals surface area contributed by atoms with Gasteiger partial charge in [-0.3, -0.25) is 9.69 Å². The number of nitrogens with zero attached hydrogens (tertiary/aromatic N) is 1. The minimum atomic E-state index is -4.51. The number of carbonyl (C=O) groups is 1. The molecule has 204 valence electrons. The van der Waals surface area contributed by atoms with E-state index in [0.717, 1.165) is 56.9 Å². The highest BCUT2D eigenvalue weighted by Crippen LogP contribution is 2.45. The molecular weight excluding hydrogens is 479 g/mol. The summed E-state index contributed by atoms with van der Waals surface area (Å²) in [5.41, 5.74) is 0.224. The van der Waals surface area contributed by atoms with Gasteiger partial charge < -0.3 is 9.47 Å². The van der Waals surface area contributed by atoms with Gasteiger partial charge in [-0.15, -0.1) is 0 Å². The fourth-order valence-electron chi connectivity index (χ4n) is 6.55. The van der Waals surface area contributed by atoms with E-state index in [9.17, 15) is 18.0 Å². The smallest absolute Gasteiger partial charge is 0.420 e. The first-order valence-electron chi connectivity index (χ1n) is 13.9. The molecule has 3 aliphatic rings. The molecule has 2 saturated heterocycles. The number of alkyl halides is 3. The molecular formula is C30H40F3NO3. The van der Waals surface area contributed by atoms with E-state index in [1.165, 1.54) is 13.2 Å². The predicted octanol–water partition coefficient (Wildman–Crippen LogP) is 7.76. The van der Waals surface area contributed by atoms with Crippen LogP contribution in [0.15, 0.2) is 30.3 Å². The Kier molecular flexibility index (Phi) is 8.72. The molecule has 7 heteroatoms. The van der Waals surface area contributed by atoms with Crippen molar-refractivity contribution < 1.29 is 27.4 Å². The monoisotopic (exact) mass is 519 g/mol. The highest BCUT2D eigenvalue weighted by Gasteiger charge is 2.43. The number of piperidine rings is 1. The van der Waals surface area contributed by atoms with Gasteiger partial charge in [-0.25, -0.2) is 0 Å². The average molecular weight is 520 g/mol. The number of hydrogen-bond donors (Lipinski definition) is 0. The normalized spacial score (nSPS) is 27.9. The first-order chi connectivity index (χ1) is 17.7. The molecule has 2 aliphatic heterocycles. The number of esters is 1. The molecule has 3 fully saturated rings. The molecule has 2 atom stereocenters. The number of rotatable bonds is 5. The maximum atomic E-state index is 14.3. The first kappa shape index (κ1) is 27.7. The fraction of sp³-hybridized carbons (Fsp3) is 0.633. The Labute approximate surface area is 218 Å². The van der Waals surface area contributed by atoms with Gasteiger partial charge in [0.15, 0.2) is 0 Å². The van der Waals surface area contributed by atoms with Crippen molar-refractivity contribution in [1.29, 1.82) is 0 Å². The Morgan fingerprint density at radius 2 is 1.59 bits per heavy atom. The Bertz CT molecular complexity index is 1060. The van der Waals surface area contributed by atoms with Gasteiger partial charge in [0.1, 0.15) is 11.3 Å². The molecule has 2 heterocycles. The van der Waals surface area contributed by atoms with Crippen LogP contribution in [0.3, 0.4) is 0 Å². The number of fused-ring (bicyclic) bond motifs is 3. The van der Waals surface area contributed by atoms with Gasteiger partial charge in [0, 0.05) is 18.6 Å². The van der Waals surface area contributed by atoms with Crippen LogP contribution in [-0.2, 0) is 22.3 Å². The summed E-state index contributed by atoms with van der Waals surface area (Å²) < 4.78 is 54.0. The molecule has 2 aromatic rings. The minimum absolute atomic E-state index is 0.0549. The molecule has 4 nitrogen and oxygen atoms in total. The third-order valence-corrected chi connectivity index (χ3v) is 8.43. The zero-order valence-electron chi connectivity index (χ0n) is 22.4. The third kappa shape index (κ3) is 5.92. The van der Waals surface area contributed by atoms with E-state index in [1.54, 1.807) is 18.2 Å². The lowest BCUT2D eigenvalue weighted by molar-refractivity contribution is -0.148. The van der Waals surface area contributed by atoms with Crippen molar-refractivity contribution in [1.82, 2.24) is 4.90 Å². The lowest BCUT2D eigenvalue weighted by atomic mass is 9.89. The topological polar surface area (TPSA) is 38.8 Å². The predicted molar refractivity (Wildman–Crippen MR) is 139 cm³/mol. The number of methoxy groups -OCH3 is 1. The Balaban J connectivity index is 0.00000156. The molecule has 1 saturated carbocycles. The zero-order valence-corrected chi connectivity index (χ0v) is 22.4. The highest BCUT2D eigenvalue weighted by molar-refractivity contribution is 5.91. The molecule has 0 amide bonds. The van der Waals surface area contributed by atoms with Crippen LogP contribution in [0.25, 0.3) is 10.8 Å². The Morgan fingerprint density at radius 3 is 2.19 bits per heavy atom. The molecule has 2 aromatic carbocycles. The summed E-state index contributed by atoms with van der Waals surface area (Å²) >= 11 is 0. The summed E-state index contributed by atoms with van der Waals surface area (Å²) in [6, 6.07) is 9.04. The Morgan fingerprint density at radius 1 is 0.946 bits per heavy atom. The average Bonchev–Trinajstić information content (AvgIpc) is 3.11. The lowest BCUT2D eigenvalue weighted by Gasteiger charge is -2.38. The quantitative estimate of drug-likeness (QED) is 0.379. The van der Waals surface area contributed by atoms with Crippen molar-refractivity contribution in [3.63, 3.8) is 0 Å².